The SMILES string of the molecule is COc1ccc(C)cc1C(=O)NCc1ncn[nH]1. The Morgan fingerprint density at radius 2 is 2.33 bits per heavy atom. The summed E-state index contributed by atoms with van der Waals surface area (Å²) in [7, 11) is 1.54. The fourth-order valence-electron chi connectivity index (χ4n) is 1.57. The van der Waals surface area contributed by atoms with E-state index in [2.05, 4.69) is 20.5 Å². The number of carbonyl (C=O) groups is 1. The highest BCUT2D eigenvalue weighted by atomic mass is 16.5. The Kier molecular flexibility index (Phi) is 3.57. The molecule has 1 aromatic carbocycles. The summed E-state index contributed by atoms with van der Waals surface area (Å²) in [5.41, 5.74) is 1.51. The summed E-state index contributed by atoms with van der Waals surface area (Å²) in [6.07, 6.45) is 1.40. The Balaban J connectivity index is 2.10. The molecule has 0 aliphatic heterocycles. The maximum Gasteiger partial charge on any atom is 0.255 e. The van der Waals surface area contributed by atoms with Gasteiger partial charge in [0.05, 0.1) is 19.2 Å². The predicted molar refractivity (Wildman–Crippen MR) is 65.3 cm³/mol. The van der Waals surface area contributed by atoms with Crippen molar-refractivity contribution < 1.29 is 9.53 Å². The molecule has 6 nitrogen and oxygen atoms in total. The Bertz CT molecular complexity index is 537. The minimum absolute atomic E-state index is 0.202. The van der Waals surface area contributed by atoms with Crippen LogP contribution in [0.4, 0.5) is 0 Å². The van der Waals surface area contributed by atoms with E-state index in [1.54, 1.807) is 12.1 Å². The second-order valence-corrected chi connectivity index (χ2v) is 3.82. The molecule has 1 aromatic heterocycles. The molecule has 0 aliphatic carbocycles. The van der Waals surface area contributed by atoms with Crippen molar-refractivity contribution in [2.75, 3.05) is 7.11 Å². The fraction of sp³-hybridized carbons (Fsp3) is 0.250. The van der Waals surface area contributed by atoms with Gasteiger partial charge in [0.1, 0.15) is 17.9 Å². The largest absolute Gasteiger partial charge is 0.496 e. The van der Waals surface area contributed by atoms with Gasteiger partial charge in [0, 0.05) is 0 Å². The van der Waals surface area contributed by atoms with Gasteiger partial charge in [-0.1, -0.05) is 11.6 Å². The first-order chi connectivity index (χ1) is 8.70. The minimum atomic E-state index is -0.202. The number of ether oxygens (including phenoxy) is 1. The van der Waals surface area contributed by atoms with Crippen molar-refractivity contribution in [1.29, 1.82) is 0 Å². The molecule has 0 atom stereocenters. The molecule has 0 aliphatic rings. The summed E-state index contributed by atoms with van der Waals surface area (Å²) in [4.78, 5) is 15.9. The first-order valence-corrected chi connectivity index (χ1v) is 5.48. The second-order valence-electron chi connectivity index (χ2n) is 3.82. The molecule has 0 fully saturated rings. The number of H-pyrrole nitrogens is 1. The smallest absolute Gasteiger partial charge is 0.255 e. The number of benzene rings is 1. The lowest BCUT2D eigenvalue weighted by Gasteiger charge is -2.09. The van der Waals surface area contributed by atoms with Crippen LogP contribution in [0.15, 0.2) is 24.5 Å². The molecular weight excluding hydrogens is 232 g/mol. The highest BCUT2D eigenvalue weighted by Crippen LogP contribution is 2.19. The zero-order valence-corrected chi connectivity index (χ0v) is 10.2. The zero-order valence-electron chi connectivity index (χ0n) is 10.2. The van der Waals surface area contributed by atoms with E-state index < -0.39 is 0 Å². The molecule has 1 heterocycles. The van der Waals surface area contributed by atoms with Crippen LogP contribution >= 0.6 is 0 Å². The summed E-state index contributed by atoms with van der Waals surface area (Å²) in [5, 5.41) is 9.14. The molecule has 0 radical (unpaired) electrons. The Hall–Kier alpha value is -2.37. The van der Waals surface area contributed by atoms with Crippen molar-refractivity contribution in [3.8, 4) is 5.75 Å². The van der Waals surface area contributed by atoms with Crippen molar-refractivity contribution in [1.82, 2.24) is 20.5 Å². The number of aromatic nitrogens is 3. The standard InChI is InChI=1S/C12H14N4O2/c1-8-3-4-10(18-2)9(5-8)12(17)13-6-11-14-7-15-16-11/h3-5,7H,6H2,1-2H3,(H,13,17)(H,14,15,16). The average molecular weight is 246 g/mol. The normalized spacial score (nSPS) is 10.1. The monoisotopic (exact) mass is 246 g/mol. The van der Waals surface area contributed by atoms with Gasteiger partial charge in [-0.15, -0.1) is 0 Å². The summed E-state index contributed by atoms with van der Waals surface area (Å²) < 4.78 is 5.16. The highest BCUT2D eigenvalue weighted by molar-refractivity contribution is 5.97. The van der Waals surface area contributed by atoms with Gasteiger partial charge in [-0.25, -0.2) is 4.98 Å². The predicted octanol–water partition coefficient (Wildman–Crippen LogP) is 1.05. The van der Waals surface area contributed by atoms with Crippen molar-refractivity contribution in [2.24, 2.45) is 0 Å². The summed E-state index contributed by atoms with van der Waals surface area (Å²) in [5.74, 6) is 0.956. The molecule has 0 saturated heterocycles. The van der Waals surface area contributed by atoms with Gasteiger partial charge in [-0.05, 0) is 19.1 Å². The Morgan fingerprint density at radius 3 is 3.00 bits per heavy atom. The Morgan fingerprint density at radius 1 is 1.50 bits per heavy atom. The molecule has 0 bridgehead atoms. The van der Waals surface area contributed by atoms with Crippen LogP contribution in [0.3, 0.4) is 0 Å². The third kappa shape index (κ3) is 2.65. The molecule has 6 heteroatoms. The van der Waals surface area contributed by atoms with Gasteiger partial charge in [0.2, 0.25) is 0 Å². The number of carbonyl (C=O) groups excluding carboxylic acids is 1. The number of methoxy groups -OCH3 is 1. The van der Waals surface area contributed by atoms with E-state index in [4.69, 9.17) is 4.74 Å². The van der Waals surface area contributed by atoms with Crippen LogP contribution in [0.2, 0.25) is 0 Å². The Labute approximate surface area is 104 Å². The molecule has 0 spiro atoms. The fourth-order valence-corrected chi connectivity index (χ4v) is 1.57. The topological polar surface area (TPSA) is 79.9 Å². The zero-order chi connectivity index (χ0) is 13.0. The van der Waals surface area contributed by atoms with Gasteiger partial charge in [-0.2, -0.15) is 5.10 Å². The highest BCUT2D eigenvalue weighted by Gasteiger charge is 2.12. The van der Waals surface area contributed by atoms with E-state index in [9.17, 15) is 4.79 Å². The van der Waals surface area contributed by atoms with E-state index in [1.165, 1.54) is 13.4 Å². The maximum atomic E-state index is 12.0. The first kappa shape index (κ1) is 12.1. The van der Waals surface area contributed by atoms with Gasteiger partial charge in [-0.3, -0.25) is 9.89 Å². The first-order valence-electron chi connectivity index (χ1n) is 5.48. The number of aryl methyl sites for hydroxylation is 1. The van der Waals surface area contributed by atoms with Crippen molar-refractivity contribution in [3.63, 3.8) is 0 Å². The van der Waals surface area contributed by atoms with Crippen LogP contribution < -0.4 is 10.1 Å². The lowest BCUT2D eigenvalue weighted by atomic mass is 10.1. The molecule has 2 rings (SSSR count). The van der Waals surface area contributed by atoms with Crippen LogP contribution in [0.25, 0.3) is 0 Å². The summed E-state index contributed by atoms with van der Waals surface area (Å²) in [6, 6.07) is 5.46. The quantitative estimate of drug-likeness (QED) is 0.845. The van der Waals surface area contributed by atoms with E-state index in [-0.39, 0.29) is 5.91 Å². The van der Waals surface area contributed by atoms with Crippen molar-refractivity contribution in [2.45, 2.75) is 13.5 Å². The molecule has 0 unspecified atom stereocenters. The molecule has 0 saturated carbocycles. The second kappa shape index (κ2) is 5.31. The van der Waals surface area contributed by atoms with Crippen molar-refractivity contribution in [3.05, 3.63) is 41.5 Å². The number of aromatic amines is 1. The summed E-state index contributed by atoms with van der Waals surface area (Å²) in [6.45, 7) is 2.22. The van der Waals surface area contributed by atoms with Crippen molar-refractivity contribution >= 4 is 5.91 Å². The van der Waals surface area contributed by atoms with E-state index in [1.807, 2.05) is 13.0 Å². The number of nitrogens with zero attached hydrogens (tertiary/aromatic N) is 2. The number of rotatable bonds is 4. The molecule has 94 valence electrons. The molecule has 1 amide bonds. The van der Waals surface area contributed by atoms with Crippen LogP contribution in [0, 0.1) is 6.92 Å². The number of hydrogen-bond acceptors (Lipinski definition) is 4. The van der Waals surface area contributed by atoms with Crippen LogP contribution in [0.1, 0.15) is 21.7 Å². The van der Waals surface area contributed by atoms with E-state index in [0.29, 0.717) is 23.7 Å². The third-order valence-corrected chi connectivity index (χ3v) is 2.48. The van der Waals surface area contributed by atoms with Gasteiger partial charge >= 0.3 is 0 Å². The number of hydrogen-bond donors (Lipinski definition) is 2. The molecule has 2 aromatic rings. The third-order valence-electron chi connectivity index (χ3n) is 2.48. The summed E-state index contributed by atoms with van der Waals surface area (Å²) >= 11 is 0. The van der Waals surface area contributed by atoms with E-state index >= 15 is 0 Å². The van der Waals surface area contributed by atoms with Crippen LogP contribution in [0.5, 0.6) is 5.75 Å². The number of amides is 1. The lowest BCUT2D eigenvalue weighted by molar-refractivity contribution is 0.0947. The maximum absolute atomic E-state index is 12.0. The number of nitrogens with one attached hydrogen (secondary N) is 2. The average Bonchev–Trinajstić information content (AvgIpc) is 2.89. The minimum Gasteiger partial charge on any atom is -0.496 e. The van der Waals surface area contributed by atoms with Gasteiger partial charge in [0.15, 0.2) is 0 Å². The van der Waals surface area contributed by atoms with Gasteiger partial charge < -0.3 is 10.1 Å². The molecule has 2 N–H and O–H groups in total. The molecular formula is C12H14N4O2. The lowest BCUT2D eigenvalue weighted by Crippen LogP contribution is -2.24. The van der Waals surface area contributed by atoms with E-state index in [0.717, 1.165) is 5.56 Å². The molecule has 18 heavy (non-hydrogen) atoms. The van der Waals surface area contributed by atoms with Crippen LogP contribution in [-0.4, -0.2) is 28.2 Å². The van der Waals surface area contributed by atoms with Gasteiger partial charge in [0.25, 0.3) is 5.91 Å². The van der Waals surface area contributed by atoms with Crippen LogP contribution in [-0.2, 0) is 6.54 Å².